The third-order valence-electron chi connectivity index (χ3n) is 4.83. The molecule has 1 atom stereocenters. The average Bonchev–Trinajstić information content (AvgIpc) is 3.46. The molecule has 0 amide bonds. The lowest BCUT2D eigenvalue weighted by Crippen LogP contribution is -2.37. The predicted molar refractivity (Wildman–Crippen MR) is 96.1 cm³/mol. The van der Waals surface area contributed by atoms with Gasteiger partial charge in [0.25, 0.3) is 0 Å². The van der Waals surface area contributed by atoms with Crippen molar-refractivity contribution in [1.82, 2.24) is 5.32 Å². The molecule has 1 heterocycles. The van der Waals surface area contributed by atoms with Crippen LogP contribution in [0.25, 0.3) is 0 Å². The zero-order valence-electron chi connectivity index (χ0n) is 14.0. The number of ether oxygens (including phenoxy) is 1. The van der Waals surface area contributed by atoms with Gasteiger partial charge in [-0.15, -0.1) is 0 Å². The second kappa shape index (κ2) is 6.75. The lowest BCUT2D eigenvalue weighted by molar-refractivity contribution is 0.262. The topological polar surface area (TPSA) is 59.6 Å². The van der Waals surface area contributed by atoms with Gasteiger partial charge in [-0.2, -0.15) is 0 Å². The third kappa shape index (κ3) is 3.60. The summed E-state index contributed by atoms with van der Waals surface area (Å²) in [5.74, 6) is 1.55. The van der Waals surface area contributed by atoms with E-state index in [-0.39, 0.29) is 18.4 Å². The van der Waals surface area contributed by atoms with Crippen molar-refractivity contribution in [1.29, 1.82) is 0 Å². The maximum atomic E-state index is 14.2. The quantitative estimate of drug-likeness (QED) is 0.660. The highest BCUT2D eigenvalue weighted by Crippen LogP contribution is 2.40. The number of nitrogens with one attached hydrogen (secondary N) is 1. The van der Waals surface area contributed by atoms with Crippen molar-refractivity contribution in [2.45, 2.75) is 37.8 Å². The molecule has 2 aliphatic rings. The first-order valence-corrected chi connectivity index (χ1v) is 8.77. The van der Waals surface area contributed by atoms with Crippen LogP contribution in [0.15, 0.2) is 47.5 Å². The highest BCUT2D eigenvalue weighted by atomic mass is 19.1. The maximum Gasteiger partial charge on any atom is 0.189 e. The van der Waals surface area contributed by atoms with E-state index in [0.717, 1.165) is 23.3 Å². The number of guanidine groups is 1. The Bertz CT molecular complexity index is 801. The molecule has 25 heavy (non-hydrogen) atoms. The van der Waals surface area contributed by atoms with Crippen LogP contribution in [-0.4, -0.2) is 12.6 Å². The number of aliphatic imine (C=N–C) groups is 1. The number of rotatable bonds is 4. The van der Waals surface area contributed by atoms with Crippen LogP contribution in [0.2, 0.25) is 0 Å². The van der Waals surface area contributed by atoms with Gasteiger partial charge in [0.05, 0.1) is 19.2 Å². The first kappa shape index (κ1) is 15.9. The van der Waals surface area contributed by atoms with E-state index in [9.17, 15) is 4.39 Å². The minimum absolute atomic E-state index is 0.0655. The molecule has 0 radical (unpaired) electrons. The Balaban J connectivity index is 1.42. The van der Waals surface area contributed by atoms with E-state index in [2.05, 4.69) is 10.3 Å². The van der Waals surface area contributed by atoms with Gasteiger partial charge in [-0.3, -0.25) is 0 Å². The van der Waals surface area contributed by atoms with Crippen molar-refractivity contribution in [3.05, 3.63) is 65.0 Å². The molecule has 2 aromatic carbocycles. The first-order chi connectivity index (χ1) is 12.2. The van der Waals surface area contributed by atoms with Gasteiger partial charge >= 0.3 is 0 Å². The fourth-order valence-corrected chi connectivity index (χ4v) is 3.25. The number of nitrogens with two attached hydrogens (primary N) is 1. The Kier molecular flexibility index (Phi) is 4.30. The van der Waals surface area contributed by atoms with E-state index in [1.54, 1.807) is 6.07 Å². The molecule has 1 aliphatic carbocycles. The number of benzene rings is 2. The van der Waals surface area contributed by atoms with Gasteiger partial charge in [0.1, 0.15) is 11.6 Å². The Hall–Kier alpha value is -2.56. The Labute approximate surface area is 146 Å². The van der Waals surface area contributed by atoms with Crippen LogP contribution >= 0.6 is 0 Å². The molecule has 0 spiro atoms. The molecule has 0 bridgehead atoms. The van der Waals surface area contributed by atoms with Crippen LogP contribution in [0, 0.1) is 5.82 Å². The van der Waals surface area contributed by atoms with E-state index < -0.39 is 0 Å². The number of nitrogens with zero attached hydrogens (tertiary/aromatic N) is 1. The summed E-state index contributed by atoms with van der Waals surface area (Å²) in [7, 11) is 0. The maximum absolute atomic E-state index is 14.2. The number of fused-ring (bicyclic) bond motifs is 1. The van der Waals surface area contributed by atoms with Crippen molar-refractivity contribution >= 4 is 5.96 Å². The van der Waals surface area contributed by atoms with Gasteiger partial charge in [0.2, 0.25) is 0 Å². The summed E-state index contributed by atoms with van der Waals surface area (Å²) in [6.07, 6.45) is 3.15. The van der Waals surface area contributed by atoms with E-state index >= 15 is 0 Å². The van der Waals surface area contributed by atoms with Crippen LogP contribution < -0.4 is 15.8 Å². The molecular formula is C20H22FN3O. The number of hydrogen-bond acceptors (Lipinski definition) is 2. The van der Waals surface area contributed by atoms with Crippen LogP contribution in [0.4, 0.5) is 4.39 Å². The van der Waals surface area contributed by atoms with E-state index in [1.807, 2.05) is 36.4 Å². The van der Waals surface area contributed by atoms with Gasteiger partial charge in [-0.05, 0) is 36.5 Å². The summed E-state index contributed by atoms with van der Waals surface area (Å²) >= 11 is 0. The summed E-state index contributed by atoms with van der Waals surface area (Å²) in [5, 5.41) is 3.23. The normalized spacial score (nSPS) is 19.9. The monoisotopic (exact) mass is 339 g/mol. The SMILES string of the molecule is NC(=NCc1ccc(C2CC2)cc1F)NC1CCOc2ccccc21. The molecule has 4 rings (SSSR count). The molecule has 1 fully saturated rings. The molecular weight excluding hydrogens is 317 g/mol. The van der Waals surface area contributed by atoms with Gasteiger partial charge in [-0.25, -0.2) is 9.38 Å². The van der Waals surface area contributed by atoms with Crippen LogP contribution in [-0.2, 0) is 6.54 Å². The van der Waals surface area contributed by atoms with Crippen molar-refractivity contribution in [2.75, 3.05) is 6.61 Å². The molecule has 0 saturated heterocycles. The molecule has 1 unspecified atom stereocenters. The minimum Gasteiger partial charge on any atom is -0.493 e. The largest absolute Gasteiger partial charge is 0.493 e. The lowest BCUT2D eigenvalue weighted by atomic mass is 10.0. The zero-order valence-corrected chi connectivity index (χ0v) is 14.0. The molecule has 2 aromatic rings. The molecule has 1 aliphatic heterocycles. The summed E-state index contributed by atoms with van der Waals surface area (Å²) in [6.45, 7) is 0.875. The summed E-state index contributed by atoms with van der Waals surface area (Å²) in [4.78, 5) is 4.31. The van der Waals surface area contributed by atoms with Gasteiger partial charge in [-0.1, -0.05) is 30.3 Å². The van der Waals surface area contributed by atoms with Crippen molar-refractivity contribution in [3.8, 4) is 5.75 Å². The van der Waals surface area contributed by atoms with Crippen molar-refractivity contribution < 1.29 is 9.13 Å². The van der Waals surface area contributed by atoms with Crippen LogP contribution in [0.3, 0.4) is 0 Å². The van der Waals surface area contributed by atoms with Gasteiger partial charge in [0.15, 0.2) is 5.96 Å². The molecule has 4 nitrogen and oxygen atoms in total. The van der Waals surface area contributed by atoms with Gasteiger partial charge < -0.3 is 15.8 Å². The number of para-hydroxylation sites is 1. The second-order valence-electron chi connectivity index (χ2n) is 6.70. The zero-order chi connectivity index (χ0) is 17.2. The van der Waals surface area contributed by atoms with E-state index in [4.69, 9.17) is 10.5 Å². The first-order valence-electron chi connectivity index (χ1n) is 8.77. The molecule has 5 heteroatoms. The van der Waals surface area contributed by atoms with Crippen molar-refractivity contribution in [2.24, 2.45) is 10.7 Å². The Morgan fingerprint density at radius 3 is 2.84 bits per heavy atom. The Morgan fingerprint density at radius 1 is 1.20 bits per heavy atom. The highest BCUT2D eigenvalue weighted by molar-refractivity contribution is 5.78. The third-order valence-corrected chi connectivity index (χ3v) is 4.83. The summed E-state index contributed by atoms with van der Waals surface area (Å²) < 4.78 is 19.8. The predicted octanol–water partition coefficient (Wildman–Crippen LogP) is 3.63. The van der Waals surface area contributed by atoms with Gasteiger partial charge in [0, 0.05) is 17.5 Å². The second-order valence-corrected chi connectivity index (χ2v) is 6.70. The summed E-state index contributed by atoms with van der Waals surface area (Å²) in [5.41, 5.74) is 8.76. The van der Waals surface area contributed by atoms with Crippen molar-refractivity contribution in [3.63, 3.8) is 0 Å². The fraction of sp³-hybridized carbons (Fsp3) is 0.350. The minimum atomic E-state index is -0.197. The number of halogens is 1. The van der Waals surface area contributed by atoms with Crippen LogP contribution in [0.5, 0.6) is 5.75 Å². The standard InChI is InChI=1S/C20H22FN3O/c21-17-11-14(13-5-6-13)7-8-15(17)12-23-20(22)24-18-9-10-25-19-4-2-1-3-16(18)19/h1-4,7-8,11,13,18H,5-6,9-10,12H2,(H3,22,23,24). The van der Waals surface area contributed by atoms with E-state index in [0.29, 0.717) is 24.0 Å². The average molecular weight is 339 g/mol. The molecule has 0 aromatic heterocycles. The molecule has 130 valence electrons. The molecule has 1 saturated carbocycles. The highest BCUT2D eigenvalue weighted by Gasteiger charge is 2.24. The van der Waals surface area contributed by atoms with E-state index in [1.165, 1.54) is 12.8 Å². The van der Waals surface area contributed by atoms with Crippen LogP contribution in [0.1, 0.15) is 47.9 Å². The fourth-order valence-electron chi connectivity index (χ4n) is 3.25. The smallest absolute Gasteiger partial charge is 0.189 e. The lowest BCUT2D eigenvalue weighted by Gasteiger charge is -2.26. The summed E-state index contributed by atoms with van der Waals surface area (Å²) in [6, 6.07) is 13.4. The molecule has 3 N–H and O–H groups in total. The Morgan fingerprint density at radius 2 is 2.04 bits per heavy atom. The number of hydrogen-bond donors (Lipinski definition) is 2.